The molecule has 0 aromatic heterocycles. The van der Waals surface area contributed by atoms with Gasteiger partial charge in [0.05, 0.1) is 12.5 Å². The van der Waals surface area contributed by atoms with Gasteiger partial charge in [-0.25, -0.2) is 0 Å². The number of carboxylic acids is 1. The number of aryl methyl sites for hydroxylation is 1. The van der Waals surface area contributed by atoms with Gasteiger partial charge in [0.15, 0.2) is 0 Å². The molecule has 2 N–H and O–H groups in total. The van der Waals surface area contributed by atoms with Gasteiger partial charge in [0.2, 0.25) is 5.91 Å². The lowest BCUT2D eigenvalue weighted by atomic mass is 10.1. The number of carbonyl (C=O) groups is 2. The minimum atomic E-state index is -0.862. The number of nitrogens with zero attached hydrogens (tertiary/aromatic N) is 1. The number of likely N-dealkylation sites (N-methyl/N-ethyl adjacent to an activating group) is 1. The highest BCUT2D eigenvalue weighted by Crippen LogP contribution is 2.18. The molecule has 0 aliphatic carbocycles. The maximum absolute atomic E-state index is 12.2. The van der Waals surface area contributed by atoms with E-state index in [2.05, 4.69) is 5.32 Å². The first-order valence-corrected chi connectivity index (χ1v) is 6.62. The molecular weight excluding hydrogens is 256 g/mol. The molecule has 1 amide bonds. The Hall–Kier alpha value is -1.88. The zero-order valence-corrected chi connectivity index (χ0v) is 12.4. The molecule has 0 radical (unpaired) electrons. The van der Waals surface area contributed by atoms with Crippen LogP contribution in [0.15, 0.2) is 18.2 Å². The van der Waals surface area contributed by atoms with Gasteiger partial charge in [-0.1, -0.05) is 12.1 Å². The summed E-state index contributed by atoms with van der Waals surface area (Å²) in [6.07, 6.45) is 0.0254. The maximum atomic E-state index is 12.2. The molecule has 1 rings (SSSR count). The van der Waals surface area contributed by atoms with Crippen molar-refractivity contribution in [3.63, 3.8) is 0 Å². The van der Waals surface area contributed by atoms with Crippen LogP contribution in [0.25, 0.3) is 0 Å². The number of hydrogen-bond donors (Lipinski definition) is 2. The van der Waals surface area contributed by atoms with E-state index in [9.17, 15) is 9.59 Å². The van der Waals surface area contributed by atoms with Gasteiger partial charge in [0.1, 0.15) is 0 Å². The average Bonchev–Trinajstić information content (AvgIpc) is 2.40. The molecule has 0 heterocycles. The normalized spacial score (nSPS) is 12.2. The first-order valence-electron chi connectivity index (χ1n) is 6.62. The lowest BCUT2D eigenvalue weighted by Gasteiger charge is -2.23. The molecule has 0 fully saturated rings. The summed E-state index contributed by atoms with van der Waals surface area (Å²) in [7, 11) is 1.75. The highest BCUT2D eigenvalue weighted by atomic mass is 16.4. The van der Waals surface area contributed by atoms with E-state index in [1.807, 2.05) is 32.0 Å². The number of benzene rings is 1. The van der Waals surface area contributed by atoms with E-state index in [0.29, 0.717) is 6.54 Å². The minimum absolute atomic E-state index is 0.0254. The highest BCUT2D eigenvalue weighted by Gasteiger charge is 2.19. The van der Waals surface area contributed by atoms with Gasteiger partial charge < -0.3 is 10.4 Å². The number of rotatable bonds is 6. The number of carboxylic acid groups (broad SMARTS) is 1. The predicted molar refractivity (Wildman–Crippen MR) is 78.9 cm³/mol. The monoisotopic (exact) mass is 278 g/mol. The molecule has 0 bridgehead atoms. The molecule has 0 aliphatic heterocycles. The summed E-state index contributed by atoms with van der Waals surface area (Å²) < 4.78 is 0. The van der Waals surface area contributed by atoms with E-state index >= 15 is 0 Å². The Morgan fingerprint density at radius 3 is 2.60 bits per heavy atom. The fourth-order valence-electron chi connectivity index (χ4n) is 1.79. The number of aliphatic carboxylic acids is 1. The SMILES string of the molecule is Cc1cccc(NC(=O)C(C)N(C)CCC(=O)O)c1C. The Morgan fingerprint density at radius 2 is 2.00 bits per heavy atom. The molecule has 0 saturated heterocycles. The van der Waals surface area contributed by atoms with Crippen molar-refractivity contribution in [1.82, 2.24) is 4.90 Å². The Kier molecular flexibility index (Phi) is 5.70. The van der Waals surface area contributed by atoms with Crippen LogP contribution in [-0.4, -0.2) is 41.5 Å². The van der Waals surface area contributed by atoms with Gasteiger partial charge in [0.25, 0.3) is 0 Å². The number of hydrogen-bond acceptors (Lipinski definition) is 3. The van der Waals surface area contributed by atoms with Crippen molar-refractivity contribution in [3.05, 3.63) is 29.3 Å². The van der Waals surface area contributed by atoms with Crippen LogP contribution in [0.3, 0.4) is 0 Å². The third kappa shape index (κ3) is 4.35. The third-order valence-corrected chi connectivity index (χ3v) is 3.58. The van der Waals surface area contributed by atoms with E-state index in [4.69, 9.17) is 5.11 Å². The molecule has 20 heavy (non-hydrogen) atoms. The van der Waals surface area contributed by atoms with E-state index in [-0.39, 0.29) is 18.4 Å². The lowest BCUT2D eigenvalue weighted by Crippen LogP contribution is -2.40. The first kappa shape index (κ1) is 16.2. The summed E-state index contributed by atoms with van der Waals surface area (Å²) in [5, 5.41) is 11.5. The largest absolute Gasteiger partial charge is 0.481 e. The average molecular weight is 278 g/mol. The Bertz CT molecular complexity index is 500. The van der Waals surface area contributed by atoms with Crippen LogP contribution in [0, 0.1) is 13.8 Å². The standard InChI is InChI=1S/C15H22N2O3/c1-10-6-5-7-13(11(10)2)16-15(20)12(3)17(4)9-8-14(18)19/h5-7,12H,8-9H2,1-4H3,(H,16,20)(H,18,19). The molecule has 5 heteroatoms. The van der Waals surface area contributed by atoms with Crippen molar-refractivity contribution >= 4 is 17.6 Å². The van der Waals surface area contributed by atoms with Gasteiger partial charge in [-0.15, -0.1) is 0 Å². The van der Waals surface area contributed by atoms with Crippen LogP contribution in [0.4, 0.5) is 5.69 Å². The minimum Gasteiger partial charge on any atom is -0.481 e. The molecule has 0 saturated carbocycles. The first-order chi connectivity index (χ1) is 9.32. The number of carbonyl (C=O) groups excluding carboxylic acids is 1. The molecule has 1 aromatic carbocycles. The highest BCUT2D eigenvalue weighted by molar-refractivity contribution is 5.95. The zero-order valence-electron chi connectivity index (χ0n) is 12.4. The van der Waals surface area contributed by atoms with Crippen molar-refractivity contribution in [1.29, 1.82) is 0 Å². The quantitative estimate of drug-likeness (QED) is 0.835. The lowest BCUT2D eigenvalue weighted by molar-refractivity contribution is -0.137. The molecule has 1 aromatic rings. The van der Waals surface area contributed by atoms with Crippen LogP contribution in [0.5, 0.6) is 0 Å². The summed E-state index contributed by atoms with van der Waals surface area (Å²) in [6.45, 7) is 6.07. The fourth-order valence-corrected chi connectivity index (χ4v) is 1.79. The van der Waals surface area contributed by atoms with Crippen molar-refractivity contribution in [2.45, 2.75) is 33.2 Å². The van der Waals surface area contributed by atoms with E-state index in [1.165, 1.54) is 0 Å². The molecule has 1 atom stereocenters. The topological polar surface area (TPSA) is 69.6 Å². The molecular formula is C15H22N2O3. The molecule has 110 valence electrons. The number of nitrogens with one attached hydrogen (secondary N) is 1. The predicted octanol–water partition coefficient (Wildman–Crippen LogP) is 2.04. The molecule has 5 nitrogen and oxygen atoms in total. The maximum Gasteiger partial charge on any atom is 0.304 e. The second kappa shape index (κ2) is 7.05. The van der Waals surface area contributed by atoms with Gasteiger partial charge in [-0.05, 0) is 45.0 Å². The second-order valence-electron chi connectivity index (χ2n) is 5.04. The second-order valence-corrected chi connectivity index (χ2v) is 5.04. The number of anilines is 1. The van der Waals surface area contributed by atoms with E-state index in [1.54, 1.807) is 18.9 Å². The van der Waals surface area contributed by atoms with Crippen LogP contribution >= 0.6 is 0 Å². The van der Waals surface area contributed by atoms with Crippen molar-refractivity contribution in [2.75, 3.05) is 18.9 Å². The van der Waals surface area contributed by atoms with Gasteiger partial charge >= 0.3 is 5.97 Å². The Morgan fingerprint density at radius 1 is 1.35 bits per heavy atom. The van der Waals surface area contributed by atoms with Crippen molar-refractivity contribution < 1.29 is 14.7 Å². The summed E-state index contributed by atoms with van der Waals surface area (Å²) in [5.41, 5.74) is 2.96. The number of amides is 1. The van der Waals surface area contributed by atoms with Crippen LogP contribution in [-0.2, 0) is 9.59 Å². The van der Waals surface area contributed by atoms with Crippen molar-refractivity contribution in [3.8, 4) is 0 Å². The summed E-state index contributed by atoms with van der Waals surface area (Å²) >= 11 is 0. The third-order valence-electron chi connectivity index (χ3n) is 3.58. The van der Waals surface area contributed by atoms with E-state index in [0.717, 1.165) is 16.8 Å². The molecule has 1 unspecified atom stereocenters. The fraction of sp³-hybridized carbons (Fsp3) is 0.467. The van der Waals surface area contributed by atoms with Crippen LogP contribution < -0.4 is 5.32 Å². The Labute approximate surface area is 119 Å². The van der Waals surface area contributed by atoms with Crippen molar-refractivity contribution in [2.24, 2.45) is 0 Å². The smallest absolute Gasteiger partial charge is 0.304 e. The van der Waals surface area contributed by atoms with Gasteiger partial charge in [-0.2, -0.15) is 0 Å². The van der Waals surface area contributed by atoms with Crippen LogP contribution in [0.2, 0.25) is 0 Å². The van der Waals surface area contributed by atoms with Crippen LogP contribution in [0.1, 0.15) is 24.5 Å². The summed E-state index contributed by atoms with van der Waals surface area (Å²) in [6, 6.07) is 5.38. The molecule has 0 aliphatic rings. The van der Waals surface area contributed by atoms with Gasteiger partial charge in [-0.3, -0.25) is 14.5 Å². The summed E-state index contributed by atoms with van der Waals surface area (Å²) in [4.78, 5) is 24.4. The van der Waals surface area contributed by atoms with Gasteiger partial charge in [0, 0.05) is 12.2 Å². The van der Waals surface area contributed by atoms with E-state index < -0.39 is 5.97 Å². The zero-order chi connectivity index (χ0) is 15.3. The Balaban J connectivity index is 2.65. The summed E-state index contributed by atoms with van der Waals surface area (Å²) in [5.74, 6) is -0.995. The molecule has 0 spiro atoms.